The molecular weight excluding hydrogens is 385 g/mol. The Bertz CT molecular complexity index is 1150. The second-order valence-corrected chi connectivity index (χ2v) is 7.52. The molecule has 0 radical (unpaired) electrons. The number of amides is 1. The average Bonchev–Trinajstić information content (AvgIpc) is 2.81. The zero-order valence-corrected chi connectivity index (χ0v) is 16.9. The van der Waals surface area contributed by atoms with Crippen molar-refractivity contribution in [1.29, 1.82) is 0 Å². The first-order chi connectivity index (χ1) is 14.3. The first-order valence-corrected chi connectivity index (χ1v) is 9.43. The molecular formula is C22H22FN5O2. The number of phenolic OH excluding ortho intramolecular Hbond substituents is 1. The Morgan fingerprint density at radius 2 is 1.90 bits per heavy atom. The fourth-order valence-electron chi connectivity index (χ4n) is 3.37. The van der Waals surface area contributed by atoms with Gasteiger partial charge in [0.15, 0.2) is 0 Å². The van der Waals surface area contributed by atoms with Crippen molar-refractivity contribution in [2.45, 2.75) is 13.5 Å². The van der Waals surface area contributed by atoms with Gasteiger partial charge in [0.05, 0.1) is 22.7 Å². The summed E-state index contributed by atoms with van der Waals surface area (Å²) in [6.07, 6.45) is 1.53. The number of carbonyl (C=O) groups excluding carboxylic acids is 1. The van der Waals surface area contributed by atoms with Gasteiger partial charge in [-0.05, 0) is 56.4 Å². The number of hydrogen-bond acceptors (Lipinski definition) is 6. The number of anilines is 5. The number of rotatable bonds is 4. The maximum absolute atomic E-state index is 14.4. The standard InChI is InChI=1S/C22H22FN5O2/c1-12-8-14(23)17(10-19(12)29)25-16-6-7-24-21-20(16)22(30)27-18-9-13(11-28(2)3)4-5-15(18)26-21/h4-10,29H,11H2,1-3H3,(H,27,30)(H2,24,25,26). The van der Waals surface area contributed by atoms with Gasteiger partial charge in [-0.1, -0.05) is 6.07 Å². The van der Waals surface area contributed by atoms with E-state index < -0.39 is 5.82 Å². The zero-order valence-electron chi connectivity index (χ0n) is 16.9. The van der Waals surface area contributed by atoms with Gasteiger partial charge in [-0.25, -0.2) is 9.37 Å². The van der Waals surface area contributed by atoms with Crippen molar-refractivity contribution >= 4 is 34.5 Å². The van der Waals surface area contributed by atoms with Crippen LogP contribution < -0.4 is 16.0 Å². The first kappa shape index (κ1) is 19.7. The number of phenols is 1. The van der Waals surface area contributed by atoms with Crippen LogP contribution in [0.4, 0.5) is 33.0 Å². The number of aromatic hydroxyl groups is 1. The Morgan fingerprint density at radius 1 is 1.10 bits per heavy atom. The van der Waals surface area contributed by atoms with Gasteiger partial charge in [0, 0.05) is 18.8 Å². The second-order valence-electron chi connectivity index (χ2n) is 7.52. The number of hydrogen-bond donors (Lipinski definition) is 4. The minimum atomic E-state index is -0.533. The number of fused-ring (bicyclic) bond motifs is 2. The van der Waals surface area contributed by atoms with Crippen molar-refractivity contribution in [2.75, 3.05) is 30.0 Å². The number of benzene rings is 2. The van der Waals surface area contributed by atoms with Gasteiger partial charge in [-0.2, -0.15) is 0 Å². The summed E-state index contributed by atoms with van der Waals surface area (Å²) in [4.78, 5) is 19.4. The van der Waals surface area contributed by atoms with Crippen molar-refractivity contribution in [3.63, 3.8) is 0 Å². The van der Waals surface area contributed by atoms with Crippen LogP contribution in [0.15, 0.2) is 42.6 Å². The van der Waals surface area contributed by atoms with Crippen LogP contribution in [0, 0.1) is 12.7 Å². The summed E-state index contributed by atoms with van der Waals surface area (Å²) in [5.74, 6) is -0.587. The molecule has 0 atom stereocenters. The number of pyridine rings is 1. The van der Waals surface area contributed by atoms with Gasteiger partial charge >= 0.3 is 0 Å². The van der Waals surface area contributed by atoms with E-state index in [0.717, 1.165) is 12.1 Å². The smallest absolute Gasteiger partial charge is 0.261 e. The molecule has 0 spiro atoms. The molecule has 1 aliphatic heterocycles. The number of nitrogens with one attached hydrogen (secondary N) is 3. The fourth-order valence-corrected chi connectivity index (χ4v) is 3.37. The molecule has 154 valence electrons. The molecule has 0 bridgehead atoms. The monoisotopic (exact) mass is 407 g/mol. The summed E-state index contributed by atoms with van der Waals surface area (Å²) in [5, 5.41) is 18.9. The third kappa shape index (κ3) is 3.77. The molecule has 0 saturated carbocycles. The molecule has 7 nitrogen and oxygen atoms in total. The fraction of sp³-hybridized carbons (Fsp3) is 0.182. The lowest BCUT2D eigenvalue weighted by Crippen LogP contribution is -2.14. The normalized spacial score (nSPS) is 12.5. The Balaban J connectivity index is 1.71. The first-order valence-electron chi connectivity index (χ1n) is 9.43. The summed E-state index contributed by atoms with van der Waals surface area (Å²) >= 11 is 0. The van der Waals surface area contributed by atoms with Crippen molar-refractivity contribution in [1.82, 2.24) is 9.88 Å². The van der Waals surface area contributed by atoms with E-state index in [2.05, 4.69) is 20.9 Å². The molecule has 30 heavy (non-hydrogen) atoms. The molecule has 0 saturated heterocycles. The van der Waals surface area contributed by atoms with Crippen LogP contribution in [0.3, 0.4) is 0 Å². The predicted octanol–water partition coefficient (Wildman–Crippen LogP) is 4.35. The number of nitrogens with zero attached hydrogens (tertiary/aromatic N) is 2. The van der Waals surface area contributed by atoms with E-state index in [1.807, 2.05) is 37.2 Å². The lowest BCUT2D eigenvalue weighted by atomic mass is 10.1. The molecule has 1 aromatic heterocycles. The summed E-state index contributed by atoms with van der Waals surface area (Å²) in [7, 11) is 3.95. The van der Waals surface area contributed by atoms with Crippen LogP contribution in [0.25, 0.3) is 0 Å². The molecule has 0 unspecified atom stereocenters. The highest BCUT2D eigenvalue weighted by Gasteiger charge is 2.24. The van der Waals surface area contributed by atoms with E-state index in [4.69, 9.17) is 0 Å². The van der Waals surface area contributed by atoms with Gasteiger partial charge < -0.3 is 26.0 Å². The van der Waals surface area contributed by atoms with E-state index in [9.17, 15) is 14.3 Å². The van der Waals surface area contributed by atoms with Gasteiger partial charge in [-0.3, -0.25) is 4.79 Å². The Morgan fingerprint density at radius 3 is 2.67 bits per heavy atom. The summed E-state index contributed by atoms with van der Waals surface area (Å²) in [6.45, 7) is 2.34. The van der Waals surface area contributed by atoms with Crippen LogP contribution in [0.1, 0.15) is 21.5 Å². The third-order valence-corrected chi connectivity index (χ3v) is 4.82. The molecule has 1 aliphatic rings. The number of halogens is 1. The Hall–Kier alpha value is -3.65. The molecule has 8 heteroatoms. The molecule has 0 fully saturated rings. The summed E-state index contributed by atoms with van der Waals surface area (Å²) in [5.41, 5.74) is 3.52. The highest BCUT2D eigenvalue weighted by atomic mass is 19.1. The maximum atomic E-state index is 14.4. The van der Waals surface area contributed by atoms with Crippen molar-refractivity contribution in [2.24, 2.45) is 0 Å². The average molecular weight is 407 g/mol. The second kappa shape index (κ2) is 7.64. The molecule has 4 N–H and O–H groups in total. The number of carbonyl (C=O) groups is 1. The predicted molar refractivity (Wildman–Crippen MR) is 115 cm³/mol. The SMILES string of the molecule is Cc1cc(F)c(Nc2ccnc3c2C(=O)Nc2cc(CN(C)C)ccc2N3)cc1O. The topological polar surface area (TPSA) is 89.5 Å². The minimum Gasteiger partial charge on any atom is -0.508 e. The van der Waals surface area contributed by atoms with Gasteiger partial charge in [0.1, 0.15) is 22.9 Å². The van der Waals surface area contributed by atoms with Crippen LogP contribution >= 0.6 is 0 Å². The summed E-state index contributed by atoms with van der Waals surface area (Å²) < 4.78 is 14.4. The highest BCUT2D eigenvalue weighted by Crippen LogP contribution is 2.36. The number of aryl methyl sites for hydroxylation is 1. The highest BCUT2D eigenvalue weighted by molar-refractivity contribution is 6.15. The van der Waals surface area contributed by atoms with Crippen LogP contribution in [-0.4, -0.2) is 35.0 Å². The van der Waals surface area contributed by atoms with Gasteiger partial charge in [0.25, 0.3) is 5.91 Å². The van der Waals surface area contributed by atoms with Gasteiger partial charge in [-0.15, -0.1) is 0 Å². The third-order valence-electron chi connectivity index (χ3n) is 4.82. The zero-order chi connectivity index (χ0) is 21.4. The molecule has 4 rings (SSSR count). The van der Waals surface area contributed by atoms with Crippen LogP contribution in [-0.2, 0) is 6.54 Å². The van der Waals surface area contributed by atoms with E-state index in [1.165, 1.54) is 18.3 Å². The van der Waals surface area contributed by atoms with E-state index in [0.29, 0.717) is 28.4 Å². The Labute approximate surface area is 173 Å². The molecule has 1 amide bonds. The quantitative estimate of drug-likeness (QED) is 0.514. The van der Waals surface area contributed by atoms with E-state index >= 15 is 0 Å². The van der Waals surface area contributed by atoms with E-state index in [1.54, 1.807) is 13.0 Å². The Kier molecular flexibility index (Phi) is 5.01. The van der Waals surface area contributed by atoms with Crippen LogP contribution in [0.2, 0.25) is 0 Å². The summed E-state index contributed by atoms with van der Waals surface area (Å²) in [6, 6.07) is 9.90. The van der Waals surface area contributed by atoms with Crippen LogP contribution in [0.5, 0.6) is 5.75 Å². The van der Waals surface area contributed by atoms with E-state index in [-0.39, 0.29) is 22.9 Å². The van der Waals surface area contributed by atoms with Crippen molar-refractivity contribution < 1.29 is 14.3 Å². The minimum absolute atomic E-state index is 0.0394. The molecule has 0 aliphatic carbocycles. The number of aromatic nitrogens is 1. The maximum Gasteiger partial charge on any atom is 0.261 e. The lowest BCUT2D eigenvalue weighted by Gasteiger charge is -2.14. The van der Waals surface area contributed by atoms with Crippen molar-refractivity contribution in [3.05, 3.63) is 65.1 Å². The molecule has 2 heterocycles. The molecule has 3 aromatic rings. The lowest BCUT2D eigenvalue weighted by molar-refractivity contribution is 0.102. The molecule has 2 aromatic carbocycles. The van der Waals surface area contributed by atoms with Crippen molar-refractivity contribution in [3.8, 4) is 5.75 Å². The largest absolute Gasteiger partial charge is 0.508 e. The van der Waals surface area contributed by atoms with Gasteiger partial charge in [0.2, 0.25) is 0 Å².